The van der Waals surface area contributed by atoms with Gasteiger partial charge in [0, 0.05) is 17.6 Å². The van der Waals surface area contributed by atoms with Crippen LogP contribution in [-0.4, -0.2) is 39.3 Å². The first-order valence-electron chi connectivity index (χ1n) is 7.65. The second-order valence-corrected chi connectivity index (χ2v) is 5.75. The summed E-state index contributed by atoms with van der Waals surface area (Å²) in [5.74, 6) is 0.598. The van der Waals surface area contributed by atoms with Crippen LogP contribution in [0.1, 0.15) is 25.7 Å². The highest BCUT2D eigenvalue weighted by molar-refractivity contribution is 5.93. The Hall–Kier alpha value is -2.19. The van der Waals surface area contributed by atoms with Crippen LogP contribution in [-0.2, 0) is 4.79 Å². The lowest BCUT2D eigenvalue weighted by Gasteiger charge is -2.25. The minimum atomic E-state index is -0.0302. The van der Waals surface area contributed by atoms with Gasteiger partial charge in [-0.05, 0) is 47.9 Å². The third-order valence-corrected chi connectivity index (χ3v) is 4.13. The van der Waals surface area contributed by atoms with E-state index in [-0.39, 0.29) is 30.3 Å². The van der Waals surface area contributed by atoms with E-state index in [1.165, 1.54) is 11.0 Å². The average Bonchev–Trinajstić information content (AvgIpc) is 3.09. The molecule has 8 nitrogen and oxygen atoms in total. The number of benzene rings is 1. The van der Waals surface area contributed by atoms with Gasteiger partial charge in [0.2, 0.25) is 5.91 Å². The number of anilines is 1. The van der Waals surface area contributed by atoms with Gasteiger partial charge in [-0.25, -0.2) is 0 Å². The number of nitrogens with zero attached hydrogens (tertiary/aromatic N) is 4. The molecule has 0 bridgehead atoms. The predicted octanol–water partition coefficient (Wildman–Crippen LogP) is 1.55. The maximum Gasteiger partial charge on any atom is 0.227 e. The number of hydrogen-bond acceptors (Lipinski definition) is 6. The highest BCUT2D eigenvalue weighted by Gasteiger charge is 2.25. The lowest BCUT2D eigenvalue weighted by Crippen LogP contribution is -2.34. The zero-order chi connectivity index (χ0) is 16.2. The molecule has 1 saturated carbocycles. The summed E-state index contributed by atoms with van der Waals surface area (Å²) in [5.41, 5.74) is 7.30. The molecule has 1 fully saturated rings. The number of halogens is 1. The number of hydrogen-bond donors (Lipinski definition) is 2. The molecule has 0 aliphatic heterocycles. The van der Waals surface area contributed by atoms with Crippen LogP contribution in [0.25, 0.3) is 5.69 Å². The molecule has 2 atom stereocenters. The molecule has 1 heterocycles. The summed E-state index contributed by atoms with van der Waals surface area (Å²) >= 11 is 0. The quantitative estimate of drug-likeness (QED) is 0.864. The van der Waals surface area contributed by atoms with Crippen LogP contribution in [0.5, 0.6) is 5.75 Å². The number of methoxy groups -OCH3 is 1. The first-order chi connectivity index (χ1) is 11.2. The van der Waals surface area contributed by atoms with Crippen molar-refractivity contribution in [1.29, 1.82) is 0 Å². The van der Waals surface area contributed by atoms with Gasteiger partial charge in [0.15, 0.2) is 0 Å². The molecule has 1 aliphatic rings. The molecule has 0 radical (unpaired) electrons. The molecular weight excluding hydrogens is 332 g/mol. The molecule has 1 aromatic carbocycles. The Morgan fingerprint density at radius 2 is 2.25 bits per heavy atom. The highest BCUT2D eigenvalue weighted by Crippen LogP contribution is 2.28. The summed E-state index contributed by atoms with van der Waals surface area (Å²) in [4.78, 5) is 12.4. The molecule has 2 aromatic rings. The van der Waals surface area contributed by atoms with Crippen molar-refractivity contribution >= 4 is 24.0 Å². The van der Waals surface area contributed by atoms with Gasteiger partial charge in [-0.3, -0.25) is 4.79 Å². The zero-order valence-electron chi connectivity index (χ0n) is 13.4. The largest absolute Gasteiger partial charge is 0.494 e. The molecule has 1 aromatic heterocycles. The molecule has 9 heteroatoms. The van der Waals surface area contributed by atoms with Gasteiger partial charge in [0.1, 0.15) is 17.8 Å². The summed E-state index contributed by atoms with van der Waals surface area (Å²) in [7, 11) is 1.57. The monoisotopic (exact) mass is 352 g/mol. The van der Waals surface area contributed by atoms with Crippen molar-refractivity contribution < 1.29 is 9.53 Å². The van der Waals surface area contributed by atoms with E-state index < -0.39 is 0 Å². The highest BCUT2D eigenvalue weighted by atomic mass is 35.5. The molecule has 0 saturated heterocycles. The number of nitrogens with one attached hydrogen (secondary N) is 1. The standard InChI is InChI=1S/C15H20N6O2.ClH/c1-23-14-6-5-12(8-13(14)21-9-17-19-20-21)18-15(22)10-3-2-4-11(16)7-10;/h5-6,8-11H,2-4,7,16H2,1H3,(H,18,22);1H. The van der Waals surface area contributed by atoms with Crippen molar-refractivity contribution in [2.24, 2.45) is 11.7 Å². The summed E-state index contributed by atoms with van der Waals surface area (Å²) in [6, 6.07) is 5.48. The Morgan fingerprint density at radius 3 is 2.92 bits per heavy atom. The number of carbonyl (C=O) groups excluding carboxylic acids is 1. The Kier molecular flexibility index (Phi) is 6.10. The first kappa shape index (κ1) is 18.2. The minimum Gasteiger partial charge on any atom is -0.494 e. The normalized spacial score (nSPS) is 20.1. The fourth-order valence-corrected chi connectivity index (χ4v) is 2.93. The fourth-order valence-electron chi connectivity index (χ4n) is 2.93. The van der Waals surface area contributed by atoms with E-state index in [9.17, 15) is 4.79 Å². The summed E-state index contributed by atoms with van der Waals surface area (Å²) in [5, 5.41) is 14.1. The van der Waals surface area contributed by atoms with Crippen molar-refractivity contribution in [2.45, 2.75) is 31.7 Å². The van der Waals surface area contributed by atoms with E-state index in [0.717, 1.165) is 25.7 Å². The Labute approximate surface area is 146 Å². The van der Waals surface area contributed by atoms with Crippen molar-refractivity contribution in [3.8, 4) is 11.4 Å². The van der Waals surface area contributed by atoms with E-state index >= 15 is 0 Å². The Balaban J connectivity index is 0.00000208. The number of nitrogens with two attached hydrogens (primary N) is 1. The molecule has 1 amide bonds. The fraction of sp³-hybridized carbons (Fsp3) is 0.467. The molecule has 2 unspecified atom stereocenters. The SMILES string of the molecule is COc1ccc(NC(=O)C2CCCC(N)C2)cc1-n1cnnn1.Cl. The maximum absolute atomic E-state index is 12.4. The van der Waals surface area contributed by atoms with E-state index in [0.29, 0.717) is 17.1 Å². The van der Waals surface area contributed by atoms with Crippen LogP contribution in [0, 0.1) is 5.92 Å². The number of carbonyl (C=O) groups is 1. The number of tetrazole rings is 1. The van der Waals surface area contributed by atoms with Crippen molar-refractivity contribution in [2.75, 3.05) is 12.4 Å². The zero-order valence-corrected chi connectivity index (χ0v) is 14.2. The molecular formula is C15H21ClN6O2. The predicted molar refractivity (Wildman–Crippen MR) is 91.5 cm³/mol. The van der Waals surface area contributed by atoms with Crippen LogP contribution in [0.3, 0.4) is 0 Å². The summed E-state index contributed by atoms with van der Waals surface area (Å²) in [6.07, 6.45) is 5.09. The van der Waals surface area contributed by atoms with Crippen LogP contribution in [0.15, 0.2) is 24.5 Å². The van der Waals surface area contributed by atoms with E-state index in [2.05, 4.69) is 20.8 Å². The van der Waals surface area contributed by atoms with Gasteiger partial charge in [0.05, 0.1) is 7.11 Å². The number of ether oxygens (including phenoxy) is 1. The van der Waals surface area contributed by atoms with Crippen LogP contribution >= 0.6 is 12.4 Å². The number of aromatic nitrogens is 4. The summed E-state index contributed by atoms with van der Waals surface area (Å²) < 4.78 is 6.80. The smallest absolute Gasteiger partial charge is 0.227 e. The molecule has 3 rings (SSSR count). The van der Waals surface area contributed by atoms with Gasteiger partial charge < -0.3 is 15.8 Å². The average molecular weight is 353 g/mol. The first-order valence-corrected chi connectivity index (χ1v) is 7.65. The second kappa shape index (κ2) is 8.07. The molecule has 3 N–H and O–H groups in total. The van der Waals surface area contributed by atoms with Crippen molar-refractivity contribution in [3.63, 3.8) is 0 Å². The van der Waals surface area contributed by atoms with Gasteiger partial charge in [-0.1, -0.05) is 6.42 Å². The third-order valence-electron chi connectivity index (χ3n) is 4.13. The topological polar surface area (TPSA) is 108 Å². The van der Waals surface area contributed by atoms with Gasteiger partial charge in [0.25, 0.3) is 0 Å². The molecule has 0 spiro atoms. The Bertz CT molecular complexity index is 679. The van der Waals surface area contributed by atoms with Crippen LogP contribution < -0.4 is 15.8 Å². The maximum atomic E-state index is 12.4. The van der Waals surface area contributed by atoms with Crippen LogP contribution in [0.2, 0.25) is 0 Å². The lowest BCUT2D eigenvalue weighted by atomic mass is 9.85. The van der Waals surface area contributed by atoms with E-state index in [4.69, 9.17) is 10.5 Å². The van der Waals surface area contributed by atoms with Gasteiger partial charge in [-0.15, -0.1) is 17.5 Å². The third kappa shape index (κ3) is 4.01. The van der Waals surface area contributed by atoms with Gasteiger partial charge in [-0.2, -0.15) is 4.68 Å². The lowest BCUT2D eigenvalue weighted by molar-refractivity contribution is -0.120. The summed E-state index contributed by atoms with van der Waals surface area (Å²) in [6.45, 7) is 0. The number of rotatable bonds is 4. The molecule has 1 aliphatic carbocycles. The van der Waals surface area contributed by atoms with Crippen molar-refractivity contribution in [1.82, 2.24) is 20.2 Å². The van der Waals surface area contributed by atoms with E-state index in [1.54, 1.807) is 25.3 Å². The van der Waals surface area contributed by atoms with Gasteiger partial charge >= 0.3 is 0 Å². The Morgan fingerprint density at radius 1 is 1.42 bits per heavy atom. The minimum absolute atomic E-state index is 0. The molecule has 24 heavy (non-hydrogen) atoms. The molecule has 130 valence electrons. The second-order valence-electron chi connectivity index (χ2n) is 5.75. The van der Waals surface area contributed by atoms with Crippen LogP contribution in [0.4, 0.5) is 5.69 Å². The van der Waals surface area contributed by atoms with E-state index in [1.807, 2.05) is 0 Å². The van der Waals surface area contributed by atoms with Crippen molar-refractivity contribution in [3.05, 3.63) is 24.5 Å². The number of amides is 1.